The van der Waals surface area contributed by atoms with Gasteiger partial charge in [-0.15, -0.1) is 0 Å². The Bertz CT molecular complexity index is 2110. The van der Waals surface area contributed by atoms with Crippen LogP contribution in [0.25, 0.3) is 55.0 Å². The van der Waals surface area contributed by atoms with E-state index < -0.39 is 0 Å². The van der Waals surface area contributed by atoms with Crippen molar-refractivity contribution < 1.29 is 13.9 Å². The van der Waals surface area contributed by atoms with Gasteiger partial charge in [0.2, 0.25) is 11.8 Å². The van der Waals surface area contributed by atoms with Crippen molar-refractivity contribution in [2.75, 3.05) is 13.2 Å². The second kappa shape index (κ2) is 9.30. The van der Waals surface area contributed by atoms with Crippen LogP contribution in [-0.4, -0.2) is 36.1 Å². The summed E-state index contributed by atoms with van der Waals surface area (Å²) in [6.07, 6.45) is 0. The first-order valence-corrected chi connectivity index (χ1v) is 14.8. The number of hydrogen-bond acceptors (Lipinski definition) is 5. The topological polar surface area (TPSA) is 56.3 Å². The van der Waals surface area contributed by atoms with Crippen LogP contribution in [-0.2, 0) is 9.47 Å². The summed E-state index contributed by atoms with van der Waals surface area (Å²) in [6.45, 7) is 9.56. The number of hydrogen-bond donors (Lipinski definition) is 0. The molecular formula is C38H32N2O3. The van der Waals surface area contributed by atoms with Gasteiger partial charge in [-0.2, -0.15) is 0 Å². The van der Waals surface area contributed by atoms with Crippen LogP contribution in [0.15, 0.2) is 111 Å². The summed E-state index contributed by atoms with van der Waals surface area (Å²) in [4.78, 5) is 9.44. The van der Waals surface area contributed by atoms with Crippen LogP contribution in [0.2, 0.25) is 0 Å². The van der Waals surface area contributed by atoms with Crippen molar-refractivity contribution in [3.63, 3.8) is 0 Å². The number of aliphatic imine (C=N–C) groups is 2. The van der Waals surface area contributed by atoms with Crippen molar-refractivity contribution in [2.45, 2.75) is 38.8 Å². The SMILES string of the molecule is CC1(C)COC(c2ccc(-c3ccc4c(c3)oc3cc(-c5ccc(C6=NC(C)(C)CO6)cc5)c5ccccc5c34)cc2)=N1. The maximum absolute atomic E-state index is 6.56. The molecule has 0 saturated heterocycles. The minimum Gasteiger partial charge on any atom is -0.475 e. The van der Waals surface area contributed by atoms with E-state index in [0.717, 1.165) is 55.3 Å². The largest absolute Gasteiger partial charge is 0.475 e. The van der Waals surface area contributed by atoms with Crippen LogP contribution in [0.3, 0.4) is 0 Å². The summed E-state index contributed by atoms with van der Waals surface area (Å²) in [7, 11) is 0. The van der Waals surface area contributed by atoms with E-state index in [4.69, 9.17) is 23.9 Å². The Kier molecular flexibility index (Phi) is 5.58. The minimum absolute atomic E-state index is 0.176. The Labute approximate surface area is 250 Å². The minimum atomic E-state index is -0.184. The molecular weight excluding hydrogens is 532 g/mol. The Balaban J connectivity index is 1.19. The summed E-state index contributed by atoms with van der Waals surface area (Å²) in [5.41, 5.74) is 7.88. The predicted molar refractivity (Wildman–Crippen MR) is 175 cm³/mol. The van der Waals surface area contributed by atoms with Gasteiger partial charge >= 0.3 is 0 Å². The van der Waals surface area contributed by atoms with Gasteiger partial charge in [0.05, 0.1) is 11.1 Å². The van der Waals surface area contributed by atoms with Gasteiger partial charge in [-0.3, -0.25) is 0 Å². The monoisotopic (exact) mass is 564 g/mol. The van der Waals surface area contributed by atoms with Gasteiger partial charge in [-0.05, 0) is 103 Å². The number of ether oxygens (including phenoxy) is 2. The molecule has 0 aliphatic carbocycles. The molecule has 3 heterocycles. The van der Waals surface area contributed by atoms with Crippen LogP contribution in [0, 0.1) is 0 Å². The van der Waals surface area contributed by atoms with Gasteiger partial charge in [0.15, 0.2) is 0 Å². The first-order valence-electron chi connectivity index (χ1n) is 14.8. The third-order valence-electron chi connectivity index (χ3n) is 8.32. The molecule has 5 nitrogen and oxygen atoms in total. The van der Waals surface area contributed by atoms with Crippen molar-refractivity contribution in [3.8, 4) is 22.3 Å². The van der Waals surface area contributed by atoms with E-state index >= 15 is 0 Å². The lowest BCUT2D eigenvalue weighted by Gasteiger charge is -2.09. The molecule has 0 spiro atoms. The van der Waals surface area contributed by atoms with E-state index in [1.54, 1.807) is 0 Å². The Hall–Kier alpha value is -4.90. The molecule has 212 valence electrons. The number of fused-ring (bicyclic) bond motifs is 5. The first kappa shape index (κ1) is 25.8. The molecule has 8 rings (SSSR count). The van der Waals surface area contributed by atoms with Crippen LogP contribution >= 0.6 is 0 Å². The van der Waals surface area contributed by atoms with E-state index in [1.165, 1.54) is 10.8 Å². The highest BCUT2D eigenvalue weighted by molar-refractivity contribution is 6.22. The summed E-state index contributed by atoms with van der Waals surface area (Å²) in [5.74, 6) is 1.43. The Morgan fingerprint density at radius 1 is 0.512 bits per heavy atom. The zero-order valence-corrected chi connectivity index (χ0v) is 24.8. The quantitative estimate of drug-likeness (QED) is 0.214. The second-order valence-corrected chi connectivity index (χ2v) is 12.8. The fraction of sp³-hybridized carbons (Fsp3) is 0.211. The van der Waals surface area contributed by atoms with E-state index in [0.29, 0.717) is 25.0 Å². The van der Waals surface area contributed by atoms with E-state index in [1.807, 2.05) is 0 Å². The van der Waals surface area contributed by atoms with Crippen LogP contribution in [0.1, 0.15) is 38.8 Å². The fourth-order valence-electron chi connectivity index (χ4n) is 6.12. The van der Waals surface area contributed by atoms with E-state index in [-0.39, 0.29) is 11.1 Å². The standard InChI is InChI=1S/C38H32N2O3/c1-37(2)21-41-35(39-37)25-13-9-23(10-14-25)27-17-18-30-32(19-27)43-33-20-31(28-7-5-6-8-29(28)34(30)33)24-11-15-26(16-12-24)36-40-38(3,4)22-42-36/h5-20H,21-22H2,1-4H3. The summed E-state index contributed by atoms with van der Waals surface area (Å²) < 4.78 is 18.3. The normalized spacial score (nSPS) is 17.2. The summed E-state index contributed by atoms with van der Waals surface area (Å²) >= 11 is 0. The highest BCUT2D eigenvalue weighted by atomic mass is 16.5. The molecule has 0 bridgehead atoms. The average molecular weight is 565 g/mol. The highest BCUT2D eigenvalue weighted by Gasteiger charge is 2.28. The average Bonchev–Trinajstić information content (AvgIpc) is 3.69. The molecule has 0 atom stereocenters. The van der Waals surface area contributed by atoms with Gasteiger partial charge < -0.3 is 13.9 Å². The van der Waals surface area contributed by atoms with Crippen molar-refractivity contribution in [3.05, 3.63) is 108 Å². The zero-order valence-electron chi connectivity index (χ0n) is 24.8. The third-order valence-corrected chi connectivity index (χ3v) is 8.32. The third kappa shape index (κ3) is 4.47. The lowest BCUT2D eigenvalue weighted by Crippen LogP contribution is -2.17. The van der Waals surface area contributed by atoms with Gasteiger partial charge in [0.25, 0.3) is 0 Å². The predicted octanol–water partition coefficient (Wildman–Crippen LogP) is 9.18. The molecule has 6 aromatic rings. The maximum atomic E-state index is 6.56. The molecule has 43 heavy (non-hydrogen) atoms. The molecule has 0 radical (unpaired) electrons. The lowest BCUT2D eigenvalue weighted by molar-refractivity contribution is 0.279. The molecule has 1 aromatic heterocycles. The second-order valence-electron chi connectivity index (χ2n) is 12.8. The number of rotatable bonds is 4. The van der Waals surface area contributed by atoms with Gasteiger partial charge in [0, 0.05) is 21.9 Å². The van der Waals surface area contributed by atoms with Crippen LogP contribution < -0.4 is 0 Å². The maximum Gasteiger partial charge on any atom is 0.216 e. The zero-order chi connectivity index (χ0) is 29.3. The van der Waals surface area contributed by atoms with Gasteiger partial charge in [-0.25, -0.2) is 9.98 Å². The van der Waals surface area contributed by atoms with Gasteiger partial charge in [-0.1, -0.05) is 54.6 Å². The van der Waals surface area contributed by atoms with Crippen LogP contribution in [0.5, 0.6) is 0 Å². The molecule has 0 amide bonds. The first-order chi connectivity index (χ1) is 20.7. The van der Waals surface area contributed by atoms with E-state index in [9.17, 15) is 0 Å². The smallest absolute Gasteiger partial charge is 0.216 e. The molecule has 5 heteroatoms. The highest BCUT2D eigenvalue weighted by Crippen LogP contribution is 2.41. The molecule has 5 aromatic carbocycles. The summed E-state index contributed by atoms with van der Waals surface area (Å²) in [6, 6.07) is 34.1. The molecule has 2 aliphatic heterocycles. The summed E-state index contributed by atoms with van der Waals surface area (Å²) in [5, 5.41) is 4.63. The molecule has 2 aliphatic rings. The molecule has 0 saturated carbocycles. The number of furan rings is 1. The van der Waals surface area contributed by atoms with Gasteiger partial charge in [0.1, 0.15) is 24.4 Å². The van der Waals surface area contributed by atoms with Crippen LogP contribution in [0.4, 0.5) is 0 Å². The Morgan fingerprint density at radius 3 is 1.63 bits per heavy atom. The Morgan fingerprint density at radius 2 is 1.05 bits per heavy atom. The molecule has 0 unspecified atom stereocenters. The number of nitrogens with zero attached hydrogens (tertiary/aromatic N) is 2. The lowest BCUT2D eigenvalue weighted by atomic mass is 9.94. The van der Waals surface area contributed by atoms with Crippen molar-refractivity contribution >= 4 is 44.5 Å². The fourth-order valence-corrected chi connectivity index (χ4v) is 6.12. The number of benzene rings is 5. The van der Waals surface area contributed by atoms with E-state index in [2.05, 4.69) is 125 Å². The van der Waals surface area contributed by atoms with Crippen molar-refractivity contribution in [1.82, 2.24) is 0 Å². The van der Waals surface area contributed by atoms with Crippen molar-refractivity contribution in [1.29, 1.82) is 0 Å². The molecule has 0 fully saturated rings. The molecule has 0 N–H and O–H groups in total. The van der Waals surface area contributed by atoms with Crippen molar-refractivity contribution in [2.24, 2.45) is 9.98 Å².